The predicted molar refractivity (Wildman–Crippen MR) is 46.5 cm³/mol. The van der Waals surface area contributed by atoms with Gasteiger partial charge in [0, 0.05) is 6.54 Å². The highest BCUT2D eigenvalue weighted by Gasteiger charge is 1.99. The number of carbonyl (C=O) groups is 2. The van der Waals surface area contributed by atoms with Crippen LogP contribution in [0.25, 0.3) is 0 Å². The van der Waals surface area contributed by atoms with Crippen LogP contribution in [-0.2, 0) is 9.59 Å². The summed E-state index contributed by atoms with van der Waals surface area (Å²) < 4.78 is 0. The Labute approximate surface area is 72.0 Å². The molecule has 0 saturated carbocycles. The Morgan fingerprint density at radius 2 is 2.08 bits per heavy atom. The van der Waals surface area contributed by atoms with Crippen LogP contribution in [0, 0.1) is 0 Å². The van der Waals surface area contributed by atoms with E-state index in [4.69, 9.17) is 0 Å². The van der Waals surface area contributed by atoms with Gasteiger partial charge in [0.1, 0.15) is 0 Å². The van der Waals surface area contributed by atoms with E-state index in [1.165, 1.54) is 0 Å². The average Bonchev–Trinajstić information content (AvgIpc) is 2.10. The lowest BCUT2D eigenvalue weighted by Gasteiger charge is -2.02. The van der Waals surface area contributed by atoms with Crippen molar-refractivity contribution >= 4 is 11.8 Å². The fourth-order valence-corrected chi connectivity index (χ4v) is 0.566. The molecule has 0 aromatic rings. The van der Waals surface area contributed by atoms with E-state index in [0.717, 1.165) is 12.5 Å². The molecule has 0 aliphatic carbocycles. The number of rotatable bonds is 5. The third-order valence-electron chi connectivity index (χ3n) is 1.18. The molecule has 0 bridgehead atoms. The quantitative estimate of drug-likeness (QED) is 0.562. The van der Waals surface area contributed by atoms with Crippen molar-refractivity contribution in [3.63, 3.8) is 0 Å². The van der Waals surface area contributed by atoms with Crippen molar-refractivity contribution < 1.29 is 9.59 Å². The van der Waals surface area contributed by atoms with E-state index in [0.29, 0.717) is 6.54 Å². The van der Waals surface area contributed by atoms with Gasteiger partial charge in [0.25, 0.3) is 0 Å². The maximum atomic E-state index is 10.9. The summed E-state index contributed by atoms with van der Waals surface area (Å²) in [4.78, 5) is 21.4. The smallest absolute Gasteiger partial charge is 0.243 e. The molecular weight excluding hydrogens is 156 g/mol. The molecule has 4 nitrogen and oxygen atoms in total. The number of hydrogen-bond acceptors (Lipinski definition) is 2. The van der Waals surface area contributed by atoms with Gasteiger partial charge in [-0.05, 0) is 12.5 Å². The van der Waals surface area contributed by atoms with Crippen LogP contribution in [0.5, 0.6) is 0 Å². The number of hydrogen-bond donors (Lipinski definition) is 2. The topological polar surface area (TPSA) is 58.2 Å². The van der Waals surface area contributed by atoms with E-state index in [9.17, 15) is 9.59 Å². The van der Waals surface area contributed by atoms with Crippen molar-refractivity contribution in [1.82, 2.24) is 10.6 Å². The second-order valence-corrected chi connectivity index (χ2v) is 2.27. The van der Waals surface area contributed by atoms with Crippen LogP contribution in [0.4, 0.5) is 0 Å². The number of amides is 2. The van der Waals surface area contributed by atoms with Gasteiger partial charge in [-0.15, -0.1) is 0 Å². The van der Waals surface area contributed by atoms with Gasteiger partial charge in [-0.3, -0.25) is 9.59 Å². The van der Waals surface area contributed by atoms with Gasteiger partial charge in [-0.2, -0.15) is 0 Å². The van der Waals surface area contributed by atoms with Crippen LogP contribution in [0.15, 0.2) is 12.7 Å². The zero-order valence-electron chi connectivity index (χ0n) is 7.22. The number of carbonyl (C=O) groups excluding carboxylic acids is 2. The molecule has 0 unspecified atom stereocenters. The minimum Gasteiger partial charge on any atom is -0.355 e. The van der Waals surface area contributed by atoms with Crippen molar-refractivity contribution in [2.75, 3.05) is 13.1 Å². The van der Waals surface area contributed by atoms with Crippen molar-refractivity contribution in [3.8, 4) is 0 Å². The molecule has 0 aromatic heterocycles. The fraction of sp³-hybridized carbons (Fsp3) is 0.500. The third kappa shape index (κ3) is 5.46. The summed E-state index contributed by atoms with van der Waals surface area (Å²) in [6, 6.07) is 0. The standard InChI is InChI=1S/C8H14N2O2/c1-3-5-9-8(12)6-10-7(11)4-2/h4H,2-3,5-6H2,1H3,(H,9,12)(H,10,11). The van der Waals surface area contributed by atoms with Gasteiger partial charge in [0.15, 0.2) is 0 Å². The average molecular weight is 170 g/mol. The van der Waals surface area contributed by atoms with E-state index in [1.54, 1.807) is 0 Å². The van der Waals surface area contributed by atoms with Gasteiger partial charge >= 0.3 is 0 Å². The Morgan fingerprint density at radius 1 is 1.42 bits per heavy atom. The Morgan fingerprint density at radius 3 is 2.58 bits per heavy atom. The molecule has 0 fully saturated rings. The van der Waals surface area contributed by atoms with E-state index in [2.05, 4.69) is 17.2 Å². The molecule has 0 heterocycles. The fourth-order valence-electron chi connectivity index (χ4n) is 0.566. The molecule has 2 amide bonds. The van der Waals surface area contributed by atoms with E-state index in [-0.39, 0.29) is 18.4 Å². The number of nitrogens with one attached hydrogen (secondary N) is 2. The molecule has 0 saturated heterocycles. The summed E-state index contributed by atoms with van der Waals surface area (Å²) in [5.41, 5.74) is 0. The van der Waals surface area contributed by atoms with E-state index >= 15 is 0 Å². The van der Waals surface area contributed by atoms with Crippen LogP contribution in [-0.4, -0.2) is 24.9 Å². The molecule has 2 N–H and O–H groups in total. The maximum Gasteiger partial charge on any atom is 0.243 e. The molecule has 0 aromatic carbocycles. The van der Waals surface area contributed by atoms with Crippen LogP contribution >= 0.6 is 0 Å². The summed E-state index contributed by atoms with van der Waals surface area (Å²) in [6.45, 7) is 5.88. The minimum atomic E-state index is -0.332. The molecule has 0 rings (SSSR count). The summed E-state index contributed by atoms with van der Waals surface area (Å²) >= 11 is 0. The molecule has 68 valence electrons. The lowest BCUT2D eigenvalue weighted by Crippen LogP contribution is -2.36. The second kappa shape index (κ2) is 6.39. The summed E-state index contributed by atoms with van der Waals surface area (Å²) in [6.07, 6.45) is 2.02. The summed E-state index contributed by atoms with van der Waals surface area (Å²) in [5.74, 6) is -0.506. The Balaban J connectivity index is 3.43. The van der Waals surface area contributed by atoms with Crippen molar-refractivity contribution in [2.45, 2.75) is 13.3 Å². The van der Waals surface area contributed by atoms with Crippen molar-refractivity contribution in [1.29, 1.82) is 0 Å². The largest absolute Gasteiger partial charge is 0.355 e. The summed E-state index contributed by atoms with van der Waals surface area (Å²) in [5, 5.41) is 5.00. The zero-order chi connectivity index (χ0) is 9.40. The normalized spacial score (nSPS) is 8.75. The first-order valence-electron chi connectivity index (χ1n) is 3.87. The lowest BCUT2D eigenvalue weighted by molar-refractivity contribution is -0.123. The summed E-state index contributed by atoms with van der Waals surface area (Å²) in [7, 11) is 0. The van der Waals surface area contributed by atoms with Gasteiger partial charge < -0.3 is 10.6 Å². The Bertz CT molecular complexity index is 178. The highest BCUT2D eigenvalue weighted by atomic mass is 16.2. The highest BCUT2D eigenvalue weighted by Crippen LogP contribution is 1.71. The van der Waals surface area contributed by atoms with E-state index < -0.39 is 0 Å². The molecule has 12 heavy (non-hydrogen) atoms. The van der Waals surface area contributed by atoms with Gasteiger partial charge in [0.2, 0.25) is 11.8 Å². The van der Waals surface area contributed by atoms with Gasteiger partial charge in [0.05, 0.1) is 6.54 Å². The lowest BCUT2D eigenvalue weighted by atomic mass is 10.4. The monoisotopic (exact) mass is 170 g/mol. The van der Waals surface area contributed by atoms with Crippen LogP contribution < -0.4 is 10.6 Å². The molecule has 0 radical (unpaired) electrons. The van der Waals surface area contributed by atoms with Gasteiger partial charge in [-0.25, -0.2) is 0 Å². The zero-order valence-corrected chi connectivity index (χ0v) is 7.22. The molecular formula is C8H14N2O2. The first-order valence-corrected chi connectivity index (χ1v) is 3.87. The first-order chi connectivity index (χ1) is 5.70. The predicted octanol–water partition coefficient (Wildman–Crippen LogP) is -0.185. The molecule has 4 heteroatoms. The van der Waals surface area contributed by atoms with Crippen LogP contribution in [0.1, 0.15) is 13.3 Å². The first kappa shape index (κ1) is 10.7. The molecule has 0 aliphatic rings. The SMILES string of the molecule is C=CC(=O)NCC(=O)NCCC. The van der Waals surface area contributed by atoms with Gasteiger partial charge in [-0.1, -0.05) is 13.5 Å². The Hall–Kier alpha value is -1.32. The van der Waals surface area contributed by atoms with Crippen molar-refractivity contribution in [3.05, 3.63) is 12.7 Å². The molecule has 0 atom stereocenters. The third-order valence-corrected chi connectivity index (χ3v) is 1.18. The minimum absolute atomic E-state index is 0.0187. The Kier molecular flexibility index (Phi) is 5.69. The second-order valence-electron chi connectivity index (χ2n) is 2.27. The molecule has 0 aliphatic heterocycles. The van der Waals surface area contributed by atoms with E-state index in [1.807, 2.05) is 6.92 Å². The van der Waals surface area contributed by atoms with Crippen LogP contribution in [0.3, 0.4) is 0 Å². The highest BCUT2D eigenvalue weighted by molar-refractivity contribution is 5.90. The van der Waals surface area contributed by atoms with Crippen molar-refractivity contribution in [2.24, 2.45) is 0 Å². The maximum absolute atomic E-state index is 10.9. The molecule has 0 spiro atoms. The van der Waals surface area contributed by atoms with Crippen LogP contribution in [0.2, 0.25) is 0 Å².